The highest BCUT2D eigenvalue weighted by Gasteiger charge is 2.45. The number of hydrogen-bond donors (Lipinski definition) is 9. The summed E-state index contributed by atoms with van der Waals surface area (Å²) in [6.07, 6.45) is 4.05. The van der Waals surface area contributed by atoms with Gasteiger partial charge in [-0.05, 0) is 26.3 Å². The van der Waals surface area contributed by atoms with E-state index in [1.165, 1.54) is 11.8 Å². The molecule has 30 heteroatoms. The van der Waals surface area contributed by atoms with Crippen molar-refractivity contribution in [2.75, 3.05) is 118 Å². The summed E-state index contributed by atoms with van der Waals surface area (Å²) in [5.74, 6) is -2.40. The molecule has 0 spiro atoms. The van der Waals surface area contributed by atoms with Gasteiger partial charge in [-0.1, -0.05) is 54.3 Å². The zero-order chi connectivity index (χ0) is 68.2. The number of thiol groups is 2. The first kappa shape index (κ1) is 85.4. The number of carbonyl (C=O) groups is 4. The van der Waals surface area contributed by atoms with E-state index in [1.54, 1.807) is 34.6 Å². The molecule has 4 atom stereocenters. The lowest BCUT2D eigenvalue weighted by Crippen LogP contribution is -2.48. The van der Waals surface area contributed by atoms with E-state index in [2.05, 4.69) is 55.7 Å². The molecular weight excluding hydrogens is 1260 g/mol. The van der Waals surface area contributed by atoms with Gasteiger partial charge in [0.25, 0.3) is 30.4 Å². The number of benzene rings is 1. The lowest BCUT2D eigenvalue weighted by atomic mass is 9.85. The lowest BCUT2D eigenvalue weighted by Gasteiger charge is -2.32. The Balaban J connectivity index is 0. The molecule has 0 bridgehead atoms. The molecule has 0 aliphatic heterocycles. The molecule has 0 radical (unpaired) electrons. The molecule has 0 heterocycles. The molecule has 1 rings (SSSR count). The fraction of sp³-hybridized carbons (Fsp3) is 0.754. The number of carbonyl (C=O) groups excluding carboxylic acids is 3. The molecule has 1 aromatic rings. The quantitative estimate of drug-likeness (QED) is 0.00813. The van der Waals surface area contributed by atoms with Gasteiger partial charge < -0.3 is 49.0 Å². The first-order valence-corrected chi connectivity index (χ1v) is 35.4. The van der Waals surface area contributed by atoms with Crippen molar-refractivity contribution in [2.24, 2.45) is 0 Å². The summed E-state index contributed by atoms with van der Waals surface area (Å²) in [5.41, 5.74) is -1.46. The Morgan fingerprint density at radius 1 is 0.540 bits per heavy atom. The van der Waals surface area contributed by atoms with E-state index in [1.807, 2.05) is 93.4 Å². The zero-order valence-electron chi connectivity index (χ0n) is 53.6. The van der Waals surface area contributed by atoms with E-state index in [0.29, 0.717) is 108 Å². The van der Waals surface area contributed by atoms with Crippen molar-refractivity contribution >= 4 is 107 Å². The van der Waals surface area contributed by atoms with Crippen molar-refractivity contribution in [3.05, 3.63) is 70.1 Å². The third kappa shape index (κ3) is 42.1. The van der Waals surface area contributed by atoms with Gasteiger partial charge in [-0.2, -0.15) is 50.5 Å². The molecule has 1 aromatic carbocycles. The van der Waals surface area contributed by atoms with Gasteiger partial charge >= 0.3 is 5.97 Å². The minimum absolute atomic E-state index is 0.128. The van der Waals surface area contributed by atoms with Crippen molar-refractivity contribution < 1.29 is 76.6 Å². The highest BCUT2D eigenvalue weighted by atomic mass is 32.2. The van der Waals surface area contributed by atoms with Crippen molar-refractivity contribution in [2.45, 2.75) is 157 Å². The summed E-state index contributed by atoms with van der Waals surface area (Å²) in [5, 5.41) is 17.5. The van der Waals surface area contributed by atoms with E-state index in [4.69, 9.17) is 50.7 Å². The number of carboxylic acid groups (broad SMARTS) is 1. The fourth-order valence-corrected chi connectivity index (χ4v) is 13.6. The van der Waals surface area contributed by atoms with Gasteiger partial charge in [-0.25, -0.2) is 19.7 Å². The van der Waals surface area contributed by atoms with Gasteiger partial charge in [-0.3, -0.25) is 32.8 Å². The molecule has 87 heavy (non-hydrogen) atoms. The van der Waals surface area contributed by atoms with Crippen molar-refractivity contribution in [1.82, 2.24) is 16.0 Å². The standard InChI is InChI=1S/C23H35N3O4S3.C18H33N3O6S2.C16H31N3O4S2/c1-22(2,24-4)18-23(3,32-20(31)19-12-8-7-9-13-19)21(27)25-14-10-15-26(5,6)16-11-17-33(28,29)30;1-17(19-3,9-8-15(22)23)14-18(2,28)16(24)20-10-6-11-21(4,5)12-7-13-29(25,26)27;1-15(2,17-4)13-16(3,24)14(20)18-9-7-10-19(5,6)11-8-12-25(21,22)23/h7-9,12-13H,10-11,14-18H2,1-3,5-6H3,(H-,25,27,28,29,30);6-14H2,1-2,4-5H3,(H3-,20,22,23,24,25,26,27,28);7-13H2,1-3,5-6H3,(H2-,18,20,21,22,23,24)/p+3. The van der Waals surface area contributed by atoms with Crippen LogP contribution in [0, 0.1) is 19.7 Å². The Morgan fingerprint density at radius 2 is 0.862 bits per heavy atom. The number of thiocarbonyl (C=S) groups is 1. The molecule has 0 aromatic heterocycles. The molecular formula is C57H102N9O14S7+3. The molecule has 4 unspecified atom stereocenters. The Bertz CT molecular complexity index is 2870. The van der Waals surface area contributed by atoms with E-state index >= 15 is 0 Å². The summed E-state index contributed by atoms with van der Waals surface area (Å²) in [6.45, 7) is 41.4. The topological polar surface area (TPSA) is 301 Å². The molecule has 7 N–H and O–H groups in total. The highest BCUT2D eigenvalue weighted by Crippen LogP contribution is 2.38. The second-order valence-corrected chi connectivity index (χ2v) is 35.2. The average Bonchev–Trinajstić information content (AvgIpc) is 1.73. The van der Waals surface area contributed by atoms with Crippen LogP contribution >= 0.6 is 49.2 Å². The first-order chi connectivity index (χ1) is 39.2. The lowest BCUT2D eigenvalue weighted by molar-refractivity contribution is -0.890. The minimum atomic E-state index is -3.95. The normalized spacial score (nSPS) is 15.2. The summed E-state index contributed by atoms with van der Waals surface area (Å²) in [6, 6.07) is 9.54. The maximum Gasteiger partial charge on any atom is 0.303 e. The molecule has 0 fully saturated rings. The number of nitrogens with zero attached hydrogens (tertiary/aromatic N) is 6. The monoisotopic (exact) mass is 1360 g/mol. The summed E-state index contributed by atoms with van der Waals surface area (Å²) >= 11 is 15.8. The molecule has 3 amide bonds. The van der Waals surface area contributed by atoms with E-state index in [9.17, 15) is 44.4 Å². The van der Waals surface area contributed by atoms with Crippen LogP contribution in [0.2, 0.25) is 0 Å². The molecule has 0 aliphatic rings. The van der Waals surface area contributed by atoms with Crippen molar-refractivity contribution in [1.29, 1.82) is 0 Å². The van der Waals surface area contributed by atoms with Crippen LogP contribution in [0.15, 0.2) is 30.3 Å². The number of aliphatic carboxylic acids is 1. The number of quaternary nitrogens is 3. The molecule has 0 aliphatic carbocycles. The summed E-state index contributed by atoms with van der Waals surface area (Å²) in [7, 11) is 0.00459. The number of rotatable bonds is 38. The Kier molecular flexibility index (Phi) is 36.3. The van der Waals surface area contributed by atoms with Crippen LogP contribution in [-0.2, 0) is 49.5 Å². The van der Waals surface area contributed by atoms with Crippen LogP contribution in [-0.4, -0.2) is 235 Å². The van der Waals surface area contributed by atoms with E-state index < -0.39 is 67.2 Å². The van der Waals surface area contributed by atoms with Gasteiger partial charge in [0.1, 0.15) is 4.75 Å². The molecule has 0 saturated carbocycles. The van der Waals surface area contributed by atoms with Gasteiger partial charge in [-0.15, -0.1) is 0 Å². The van der Waals surface area contributed by atoms with E-state index in [0.717, 1.165) is 25.1 Å². The first-order valence-electron chi connectivity index (χ1n) is 28.5. The summed E-state index contributed by atoms with van der Waals surface area (Å²) in [4.78, 5) is 59.5. The van der Waals surface area contributed by atoms with Gasteiger partial charge in [0, 0.05) is 118 Å². The Labute approximate surface area is 542 Å². The van der Waals surface area contributed by atoms with Crippen LogP contribution < -0.4 is 16.0 Å². The third-order valence-corrected chi connectivity index (χ3v) is 18.8. The smallest absolute Gasteiger partial charge is 0.303 e. The van der Waals surface area contributed by atoms with Gasteiger partial charge in [0.15, 0.2) is 0 Å². The Morgan fingerprint density at radius 3 is 1.18 bits per heavy atom. The van der Waals surface area contributed by atoms with Gasteiger partial charge in [0.2, 0.25) is 34.3 Å². The SMILES string of the molecule is [C-]#[N+]C(C)(C)CC(C)(S)C(=O)NCCC[N+](C)(C)CCCS(=O)(=O)O.[C-]#[N+]C(C)(C)CC(C)(SC(=S)c1ccccc1)C(=O)NCCC[N+](C)(C)CCCS(=O)(=O)O.[C-]#[N+]C(C)(CCC(=O)O)CC(C)(S)C(=O)NCCC[N+](C)(C)CCCS(=O)(=O)O. The van der Waals surface area contributed by atoms with Crippen LogP contribution in [0.25, 0.3) is 14.5 Å². The average molecular weight is 1360 g/mol. The Hall–Kier alpha value is -3.68. The predicted octanol–water partition coefficient (Wildman–Crippen LogP) is 6.89. The maximum atomic E-state index is 13.2. The van der Waals surface area contributed by atoms with E-state index in [-0.39, 0.29) is 54.2 Å². The van der Waals surface area contributed by atoms with Crippen molar-refractivity contribution in [3.8, 4) is 0 Å². The largest absolute Gasteiger partial charge is 0.481 e. The minimum Gasteiger partial charge on any atom is -0.481 e. The second kappa shape index (κ2) is 37.0. The number of nitrogens with one attached hydrogen (secondary N) is 3. The summed E-state index contributed by atoms with van der Waals surface area (Å²) < 4.78 is 90.7. The number of thioether (sulfide) groups is 1. The number of amides is 3. The molecule has 498 valence electrons. The zero-order valence-corrected chi connectivity index (χ0v) is 59.5. The van der Waals surface area contributed by atoms with Crippen LogP contribution in [0.3, 0.4) is 0 Å². The van der Waals surface area contributed by atoms with Gasteiger partial charge in [0.05, 0.1) is 119 Å². The van der Waals surface area contributed by atoms with Crippen LogP contribution in [0.5, 0.6) is 0 Å². The van der Waals surface area contributed by atoms with Crippen LogP contribution in [0.4, 0.5) is 0 Å². The predicted molar refractivity (Wildman–Crippen MR) is 358 cm³/mol. The highest BCUT2D eigenvalue weighted by molar-refractivity contribution is 8.25. The van der Waals surface area contributed by atoms with Crippen LogP contribution in [0.1, 0.15) is 132 Å². The second-order valence-electron chi connectivity index (χ2n) is 26.3. The molecule has 23 nitrogen and oxygen atoms in total. The number of carboxylic acids is 1. The third-order valence-electron chi connectivity index (χ3n) is 14.0. The maximum absolute atomic E-state index is 13.2. The number of hydrogen-bond acceptors (Lipinski definition) is 14. The molecule has 0 saturated heterocycles. The fourth-order valence-electron chi connectivity index (χ4n) is 9.26. The van der Waals surface area contributed by atoms with Crippen molar-refractivity contribution in [3.63, 3.8) is 0 Å².